The van der Waals surface area contributed by atoms with Crippen molar-refractivity contribution >= 4 is 17.3 Å². The molecule has 0 saturated heterocycles. The van der Waals surface area contributed by atoms with Gasteiger partial charge in [0.2, 0.25) is 5.95 Å². The van der Waals surface area contributed by atoms with Gasteiger partial charge in [-0.15, -0.1) is 11.3 Å². The molecule has 4 nitrogen and oxygen atoms in total. The smallest absolute Gasteiger partial charge is 0.203 e. The summed E-state index contributed by atoms with van der Waals surface area (Å²) in [4.78, 5) is 5.85. The van der Waals surface area contributed by atoms with E-state index >= 15 is 0 Å². The van der Waals surface area contributed by atoms with Gasteiger partial charge in [-0.2, -0.15) is 0 Å². The fraction of sp³-hybridized carbons (Fsp3) is 0.462. The molecule has 2 heterocycles. The van der Waals surface area contributed by atoms with Crippen molar-refractivity contribution in [1.82, 2.24) is 9.55 Å². The van der Waals surface area contributed by atoms with Crippen LogP contribution in [-0.2, 0) is 4.74 Å². The van der Waals surface area contributed by atoms with Crippen LogP contribution in [0.2, 0.25) is 0 Å². The summed E-state index contributed by atoms with van der Waals surface area (Å²) in [7, 11) is 1.70. The number of hydrogen-bond donors (Lipinski definition) is 1. The van der Waals surface area contributed by atoms with Crippen molar-refractivity contribution in [3.63, 3.8) is 0 Å². The molecule has 0 aliphatic heterocycles. The maximum atomic E-state index is 5.05. The van der Waals surface area contributed by atoms with Gasteiger partial charge < -0.3 is 14.6 Å². The molecule has 0 fully saturated rings. The van der Waals surface area contributed by atoms with Crippen LogP contribution < -0.4 is 5.32 Å². The molecule has 0 aliphatic carbocycles. The normalized spacial score (nSPS) is 12.6. The van der Waals surface area contributed by atoms with E-state index in [1.807, 2.05) is 6.92 Å². The summed E-state index contributed by atoms with van der Waals surface area (Å²) in [6, 6.07) is 4.54. The summed E-state index contributed by atoms with van der Waals surface area (Å²) in [6.07, 6.45) is 2.08. The zero-order chi connectivity index (χ0) is 13.0. The molecule has 1 atom stereocenters. The zero-order valence-corrected chi connectivity index (χ0v) is 11.8. The first-order chi connectivity index (χ1) is 8.72. The molecule has 0 bridgehead atoms. The number of nitrogens with one attached hydrogen (secondary N) is 1. The van der Waals surface area contributed by atoms with Crippen LogP contribution in [0.1, 0.15) is 23.5 Å². The molecule has 0 spiro atoms. The van der Waals surface area contributed by atoms with Gasteiger partial charge in [0.1, 0.15) is 0 Å². The number of aryl methyl sites for hydroxylation is 1. The van der Waals surface area contributed by atoms with Crippen molar-refractivity contribution in [2.75, 3.05) is 25.6 Å². The lowest BCUT2D eigenvalue weighted by molar-refractivity contribution is 0.210. The summed E-state index contributed by atoms with van der Waals surface area (Å²) in [5, 5.41) is 5.41. The van der Waals surface area contributed by atoms with Crippen molar-refractivity contribution in [3.05, 3.63) is 34.3 Å². The SMILES string of the molecule is COCCNc1nc(C)cn1C(C)c1cccs1. The Labute approximate surface area is 112 Å². The molecule has 18 heavy (non-hydrogen) atoms. The Balaban J connectivity index is 2.16. The molecule has 0 aromatic carbocycles. The molecule has 0 aliphatic rings. The number of thiophene rings is 1. The zero-order valence-electron chi connectivity index (χ0n) is 11.0. The molecule has 1 N–H and O–H groups in total. The van der Waals surface area contributed by atoms with Crippen LogP contribution in [0.3, 0.4) is 0 Å². The van der Waals surface area contributed by atoms with E-state index in [0.29, 0.717) is 12.6 Å². The van der Waals surface area contributed by atoms with E-state index in [0.717, 1.165) is 18.2 Å². The molecule has 0 radical (unpaired) electrons. The topological polar surface area (TPSA) is 39.1 Å². The van der Waals surface area contributed by atoms with E-state index in [1.165, 1.54) is 4.88 Å². The van der Waals surface area contributed by atoms with E-state index in [2.05, 4.69) is 45.5 Å². The average Bonchev–Trinajstić information content (AvgIpc) is 2.98. The first kappa shape index (κ1) is 13.1. The van der Waals surface area contributed by atoms with E-state index in [-0.39, 0.29) is 0 Å². The second-order valence-electron chi connectivity index (χ2n) is 4.22. The molecule has 2 aromatic rings. The number of ether oxygens (including phenoxy) is 1. The summed E-state index contributed by atoms with van der Waals surface area (Å²) in [6.45, 7) is 5.65. The Morgan fingerprint density at radius 1 is 1.56 bits per heavy atom. The summed E-state index contributed by atoms with van der Waals surface area (Å²) >= 11 is 1.77. The fourth-order valence-corrected chi connectivity index (χ4v) is 2.65. The minimum Gasteiger partial charge on any atom is -0.383 e. The number of imidazole rings is 1. The van der Waals surface area contributed by atoms with Gasteiger partial charge in [0.05, 0.1) is 18.3 Å². The lowest BCUT2D eigenvalue weighted by atomic mass is 10.3. The number of hydrogen-bond acceptors (Lipinski definition) is 4. The second kappa shape index (κ2) is 6.02. The van der Waals surface area contributed by atoms with Gasteiger partial charge in [-0.1, -0.05) is 6.07 Å². The number of aromatic nitrogens is 2. The molecular formula is C13H19N3OS. The monoisotopic (exact) mass is 265 g/mol. The Hall–Kier alpha value is -1.33. The molecule has 0 saturated carbocycles. The van der Waals surface area contributed by atoms with E-state index in [9.17, 15) is 0 Å². The quantitative estimate of drug-likeness (QED) is 0.816. The third-order valence-corrected chi connectivity index (χ3v) is 3.86. The first-order valence-electron chi connectivity index (χ1n) is 6.04. The number of nitrogens with zero attached hydrogens (tertiary/aromatic N) is 2. The average molecular weight is 265 g/mol. The highest BCUT2D eigenvalue weighted by Gasteiger charge is 2.14. The van der Waals surface area contributed by atoms with Crippen molar-refractivity contribution in [3.8, 4) is 0 Å². The van der Waals surface area contributed by atoms with Gasteiger partial charge in [-0.3, -0.25) is 0 Å². The summed E-state index contributed by atoms with van der Waals surface area (Å²) < 4.78 is 7.22. The number of methoxy groups -OCH3 is 1. The predicted octanol–water partition coefficient (Wildman–Crippen LogP) is 2.92. The predicted molar refractivity (Wildman–Crippen MR) is 75.5 cm³/mol. The van der Waals surface area contributed by atoms with Crippen molar-refractivity contribution < 1.29 is 4.74 Å². The van der Waals surface area contributed by atoms with Gasteiger partial charge in [0.15, 0.2) is 0 Å². The Morgan fingerprint density at radius 2 is 2.39 bits per heavy atom. The molecule has 2 rings (SSSR count). The number of anilines is 1. The Bertz CT molecular complexity index is 478. The lowest BCUT2D eigenvalue weighted by Crippen LogP contribution is -2.14. The Morgan fingerprint density at radius 3 is 3.06 bits per heavy atom. The Kier molecular flexibility index (Phi) is 4.38. The van der Waals surface area contributed by atoms with Gasteiger partial charge in [0, 0.05) is 24.7 Å². The maximum absolute atomic E-state index is 5.05. The van der Waals surface area contributed by atoms with Crippen molar-refractivity contribution in [2.45, 2.75) is 19.9 Å². The second-order valence-corrected chi connectivity index (χ2v) is 5.20. The van der Waals surface area contributed by atoms with Crippen LogP contribution >= 0.6 is 11.3 Å². The maximum Gasteiger partial charge on any atom is 0.203 e. The lowest BCUT2D eigenvalue weighted by Gasteiger charge is -2.15. The third-order valence-electron chi connectivity index (χ3n) is 2.81. The van der Waals surface area contributed by atoms with Crippen LogP contribution in [0.15, 0.2) is 23.7 Å². The van der Waals surface area contributed by atoms with Crippen LogP contribution in [0, 0.1) is 6.92 Å². The highest BCUT2D eigenvalue weighted by Crippen LogP contribution is 2.26. The highest BCUT2D eigenvalue weighted by atomic mass is 32.1. The summed E-state index contributed by atoms with van der Waals surface area (Å²) in [5.41, 5.74) is 1.03. The highest BCUT2D eigenvalue weighted by molar-refractivity contribution is 7.10. The van der Waals surface area contributed by atoms with Crippen molar-refractivity contribution in [1.29, 1.82) is 0 Å². The van der Waals surface area contributed by atoms with Crippen LogP contribution in [0.4, 0.5) is 5.95 Å². The van der Waals surface area contributed by atoms with Crippen molar-refractivity contribution in [2.24, 2.45) is 0 Å². The van der Waals surface area contributed by atoms with Crippen LogP contribution in [0.25, 0.3) is 0 Å². The summed E-state index contributed by atoms with van der Waals surface area (Å²) in [5.74, 6) is 0.908. The standard InChI is InChI=1S/C13H19N3OS/c1-10-9-16(11(2)12-5-4-8-18-12)13(15-10)14-6-7-17-3/h4-5,8-9,11H,6-7H2,1-3H3,(H,14,15). The molecule has 2 aromatic heterocycles. The number of rotatable bonds is 6. The van der Waals surface area contributed by atoms with E-state index in [1.54, 1.807) is 18.4 Å². The van der Waals surface area contributed by atoms with Gasteiger partial charge in [0.25, 0.3) is 0 Å². The van der Waals surface area contributed by atoms with E-state index < -0.39 is 0 Å². The molecule has 98 valence electrons. The van der Waals surface area contributed by atoms with Gasteiger partial charge in [-0.05, 0) is 25.3 Å². The van der Waals surface area contributed by atoms with Gasteiger partial charge in [-0.25, -0.2) is 4.98 Å². The third kappa shape index (κ3) is 2.91. The molecular weight excluding hydrogens is 246 g/mol. The van der Waals surface area contributed by atoms with Crippen LogP contribution in [0.5, 0.6) is 0 Å². The van der Waals surface area contributed by atoms with Gasteiger partial charge >= 0.3 is 0 Å². The first-order valence-corrected chi connectivity index (χ1v) is 6.92. The molecule has 1 unspecified atom stereocenters. The molecule has 0 amide bonds. The largest absolute Gasteiger partial charge is 0.383 e. The van der Waals surface area contributed by atoms with E-state index in [4.69, 9.17) is 4.74 Å². The minimum atomic E-state index is 0.302. The van der Waals surface area contributed by atoms with Crippen LogP contribution in [-0.4, -0.2) is 29.8 Å². The minimum absolute atomic E-state index is 0.302. The molecule has 5 heteroatoms. The fourth-order valence-electron chi connectivity index (χ4n) is 1.87.